The fourth-order valence-corrected chi connectivity index (χ4v) is 1.81. The zero-order valence-corrected chi connectivity index (χ0v) is 11.1. The number of hydrogen-bond donors (Lipinski definition) is 3. The van der Waals surface area contributed by atoms with Crippen LogP contribution in [0.15, 0.2) is 0 Å². The first kappa shape index (κ1) is 14.8. The molecule has 0 saturated carbocycles. The summed E-state index contributed by atoms with van der Waals surface area (Å²) in [6, 6.07) is 0. The number of aliphatic hydroxyl groups is 2. The van der Waals surface area contributed by atoms with E-state index in [0.29, 0.717) is 0 Å². The van der Waals surface area contributed by atoms with E-state index in [0.717, 1.165) is 0 Å². The highest BCUT2D eigenvalue weighted by molar-refractivity contribution is 9.18. The standard InChI is InChI=1S/C9H16BrNO6/c1-14-7-4(3-16-9(10)11)17-8(15-2)6(13)5(7)12/h4-8,11-13H,3H2,1-2H3. The molecule has 1 fully saturated rings. The minimum absolute atomic E-state index is 0.00618. The second-order valence-corrected chi connectivity index (χ2v) is 4.27. The Morgan fingerprint density at radius 3 is 2.41 bits per heavy atom. The highest BCUT2D eigenvalue weighted by atomic mass is 79.9. The summed E-state index contributed by atoms with van der Waals surface area (Å²) in [5.41, 5.74) is 0. The van der Waals surface area contributed by atoms with Gasteiger partial charge in [-0.05, 0) is 0 Å². The third-order valence-corrected chi connectivity index (χ3v) is 2.75. The smallest absolute Gasteiger partial charge is 0.251 e. The minimum atomic E-state index is -1.19. The zero-order valence-electron chi connectivity index (χ0n) is 9.50. The summed E-state index contributed by atoms with van der Waals surface area (Å²) in [6.45, 7) is 0.00618. The van der Waals surface area contributed by atoms with Gasteiger partial charge in [-0.1, -0.05) is 0 Å². The molecule has 0 amide bonds. The highest BCUT2D eigenvalue weighted by Crippen LogP contribution is 2.24. The Hall–Kier alpha value is -0.250. The molecule has 1 saturated heterocycles. The second kappa shape index (κ2) is 6.62. The first-order valence-corrected chi connectivity index (χ1v) is 5.74. The number of nitrogens with one attached hydrogen (secondary N) is 1. The normalized spacial score (nSPS) is 37.8. The molecule has 0 aromatic rings. The number of methoxy groups -OCH3 is 2. The van der Waals surface area contributed by atoms with Crippen LogP contribution in [0.5, 0.6) is 0 Å². The van der Waals surface area contributed by atoms with E-state index in [2.05, 4.69) is 15.9 Å². The lowest BCUT2D eigenvalue weighted by Crippen LogP contribution is -2.59. The third kappa shape index (κ3) is 3.60. The summed E-state index contributed by atoms with van der Waals surface area (Å²) in [4.78, 5) is -0.148. The van der Waals surface area contributed by atoms with Crippen LogP contribution in [-0.2, 0) is 18.9 Å². The van der Waals surface area contributed by atoms with Crippen molar-refractivity contribution in [1.82, 2.24) is 0 Å². The molecule has 0 bridgehead atoms. The lowest BCUT2D eigenvalue weighted by molar-refractivity contribution is -0.297. The molecule has 1 rings (SSSR count). The molecule has 1 aliphatic rings. The van der Waals surface area contributed by atoms with Crippen LogP contribution in [0.3, 0.4) is 0 Å². The van der Waals surface area contributed by atoms with Gasteiger partial charge in [0.15, 0.2) is 6.29 Å². The molecule has 0 radical (unpaired) electrons. The Bertz CT molecular complexity index is 266. The zero-order chi connectivity index (χ0) is 13.0. The van der Waals surface area contributed by atoms with Gasteiger partial charge in [-0.2, -0.15) is 0 Å². The molecule has 1 aliphatic heterocycles. The van der Waals surface area contributed by atoms with Crippen molar-refractivity contribution in [2.75, 3.05) is 20.8 Å². The molecule has 3 N–H and O–H groups in total. The van der Waals surface area contributed by atoms with Gasteiger partial charge in [0.2, 0.25) is 0 Å². The maximum atomic E-state index is 9.82. The Morgan fingerprint density at radius 1 is 1.29 bits per heavy atom. The molecule has 5 unspecified atom stereocenters. The molecule has 5 atom stereocenters. The van der Waals surface area contributed by atoms with Crippen LogP contribution in [0.2, 0.25) is 0 Å². The Kier molecular flexibility index (Phi) is 5.77. The van der Waals surface area contributed by atoms with Crippen LogP contribution in [0.1, 0.15) is 0 Å². The van der Waals surface area contributed by atoms with Gasteiger partial charge in [0, 0.05) is 30.1 Å². The van der Waals surface area contributed by atoms with E-state index in [4.69, 9.17) is 24.4 Å². The summed E-state index contributed by atoms with van der Waals surface area (Å²) in [5, 5.41) is 26.6. The van der Waals surface area contributed by atoms with E-state index >= 15 is 0 Å². The molecular weight excluding hydrogens is 298 g/mol. The Morgan fingerprint density at radius 2 is 1.94 bits per heavy atom. The van der Waals surface area contributed by atoms with Crippen molar-refractivity contribution in [1.29, 1.82) is 5.41 Å². The quantitative estimate of drug-likeness (QED) is 0.475. The number of aliphatic hydroxyl groups excluding tert-OH is 2. The van der Waals surface area contributed by atoms with Crippen LogP contribution < -0.4 is 0 Å². The maximum absolute atomic E-state index is 9.82. The van der Waals surface area contributed by atoms with Crippen molar-refractivity contribution in [2.45, 2.75) is 30.7 Å². The number of hydrogen-bond acceptors (Lipinski definition) is 7. The van der Waals surface area contributed by atoms with Gasteiger partial charge in [0.1, 0.15) is 31.0 Å². The molecule has 8 heteroatoms. The van der Waals surface area contributed by atoms with Crippen molar-refractivity contribution in [3.05, 3.63) is 0 Å². The average molecular weight is 314 g/mol. The molecule has 0 aromatic carbocycles. The number of ether oxygens (including phenoxy) is 4. The number of halogens is 1. The van der Waals surface area contributed by atoms with E-state index in [1.807, 2.05) is 0 Å². The molecule has 100 valence electrons. The summed E-state index contributed by atoms with van der Waals surface area (Å²) < 4.78 is 20.3. The average Bonchev–Trinajstić information content (AvgIpc) is 2.30. The molecule has 7 nitrogen and oxygen atoms in total. The topological polar surface area (TPSA) is 101 Å². The summed E-state index contributed by atoms with van der Waals surface area (Å²) in [6.07, 6.45) is -4.67. The van der Waals surface area contributed by atoms with Crippen LogP contribution in [0.4, 0.5) is 0 Å². The van der Waals surface area contributed by atoms with Gasteiger partial charge in [-0.25, -0.2) is 0 Å². The van der Waals surface area contributed by atoms with Gasteiger partial charge >= 0.3 is 0 Å². The van der Waals surface area contributed by atoms with Crippen molar-refractivity contribution >= 4 is 20.7 Å². The van der Waals surface area contributed by atoms with E-state index in [1.165, 1.54) is 14.2 Å². The van der Waals surface area contributed by atoms with Gasteiger partial charge < -0.3 is 29.2 Å². The van der Waals surface area contributed by atoms with E-state index < -0.39 is 30.7 Å². The molecule has 0 aromatic heterocycles. The molecule has 0 aliphatic carbocycles. The fraction of sp³-hybridized carbons (Fsp3) is 0.889. The molecular formula is C9H16BrNO6. The van der Waals surface area contributed by atoms with E-state index in [1.54, 1.807) is 0 Å². The second-order valence-electron chi connectivity index (χ2n) is 3.54. The van der Waals surface area contributed by atoms with Crippen molar-refractivity contribution in [3.8, 4) is 0 Å². The predicted octanol–water partition coefficient (Wildman–Crippen LogP) is -0.559. The summed E-state index contributed by atoms with van der Waals surface area (Å²) >= 11 is 2.82. The minimum Gasteiger partial charge on any atom is -0.470 e. The fourth-order valence-electron chi connectivity index (χ4n) is 1.68. The monoisotopic (exact) mass is 313 g/mol. The van der Waals surface area contributed by atoms with Crippen LogP contribution in [0.25, 0.3) is 0 Å². The Balaban J connectivity index is 2.68. The summed E-state index contributed by atoms with van der Waals surface area (Å²) in [7, 11) is 2.75. The summed E-state index contributed by atoms with van der Waals surface area (Å²) in [5.74, 6) is 0. The van der Waals surface area contributed by atoms with Gasteiger partial charge in [0.25, 0.3) is 4.81 Å². The first-order chi connectivity index (χ1) is 8.01. The van der Waals surface area contributed by atoms with Crippen molar-refractivity contribution in [3.63, 3.8) is 0 Å². The lowest BCUT2D eigenvalue weighted by Gasteiger charge is -2.41. The van der Waals surface area contributed by atoms with Crippen molar-refractivity contribution in [2.24, 2.45) is 0 Å². The molecule has 0 spiro atoms. The van der Waals surface area contributed by atoms with Gasteiger partial charge in [-0.3, -0.25) is 5.41 Å². The van der Waals surface area contributed by atoms with E-state index in [-0.39, 0.29) is 11.4 Å². The third-order valence-electron chi connectivity index (χ3n) is 2.52. The lowest BCUT2D eigenvalue weighted by atomic mass is 9.99. The molecule has 17 heavy (non-hydrogen) atoms. The van der Waals surface area contributed by atoms with Gasteiger partial charge in [0.05, 0.1) is 0 Å². The largest absolute Gasteiger partial charge is 0.470 e. The SMILES string of the molecule is COC1OC(COC(=N)Br)C(OC)C(O)C1O. The molecule has 1 heterocycles. The first-order valence-electron chi connectivity index (χ1n) is 4.95. The maximum Gasteiger partial charge on any atom is 0.251 e. The van der Waals surface area contributed by atoms with Crippen LogP contribution >= 0.6 is 15.9 Å². The van der Waals surface area contributed by atoms with Crippen LogP contribution in [0, 0.1) is 5.41 Å². The predicted molar refractivity (Wildman–Crippen MR) is 61.1 cm³/mol. The van der Waals surface area contributed by atoms with Gasteiger partial charge in [-0.15, -0.1) is 0 Å². The Labute approximate surface area is 107 Å². The van der Waals surface area contributed by atoms with Crippen LogP contribution in [-0.4, -0.2) is 66.6 Å². The van der Waals surface area contributed by atoms with E-state index in [9.17, 15) is 10.2 Å². The number of rotatable bonds is 4. The van der Waals surface area contributed by atoms with Crippen molar-refractivity contribution < 1.29 is 29.2 Å². The highest BCUT2D eigenvalue weighted by Gasteiger charge is 2.45.